The summed E-state index contributed by atoms with van der Waals surface area (Å²) in [6, 6.07) is 26.7. The predicted molar refractivity (Wildman–Crippen MR) is 203 cm³/mol. The van der Waals surface area contributed by atoms with Crippen molar-refractivity contribution in [3.05, 3.63) is 119 Å². The van der Waals surface area contributed by atoms with Gasteiger partial charge in [-0.2, -0.15) is 0 Å². The molecule has 0 aromatic heterocycles. The molecule has 4 aromatic rings. The number of imide groups is 2. The second-order valence-corrected chi connectivity index (χ2v) is 14.4. The lowest BCUT2D eigenvalue weighted by atomic mass is 9.51. The molecule has 0 spiro atoms. The number of carbonyl (C=O) groups excluding carboxylic acids is 4. The van der Waals surface area contributed by atoms with Crippen LogP contribution in [0.15, 0.2) is 103 Å². The van der Waals surface area contributed by atoms with E-state index in [4.69, 9.17) is 14.2 Å². The van der Waals surface area contributed by atoms with Crippen LogP contribution >= 0.6 is 0 Å². The van der Waals surface area contributed by atoms with Crippen LogP contribution in [0.3, 0.4) is 0 Å². The van der Waals surface area contributed by atoms with E-state index in [0.29, 0.717) is 28.4 Å². The molecule has 4 amide bonds. The molecule has 3 fully saturated rings. The molecule has 2 saturated heterocycles. The summed E-state index contributed by atoms with van der Waals surface area (Å²) < 4.78 is 16.3. The van der Waals surface area contributed by atoms with E-state index in [9.17, 15) is 24.3 Å². The standard InChI is InChI=1S/C44H40N2O8/c1-44-34(41(49)46(43(44)51)27-9-6-5-7-10-27)24-33-30(38(44)32-11-8-12-36(54-4)39(32)47)20-21-31-37(33)42(50)45(40(31)48)28-17-14-25(15-18-28)13-16-26-23-29(52-2)19-22-35(26)53-3/h5-20,22-23,31,33-34,37-38,47H,21,24H2,1-4H3/t31-,33+,34-,37-,38+,44+/m0/s1. The number of ether oxygens (including phenoxy) is 3. The summed E-state index contributed by atoms with van der Waals surface area (Å²) in [7, 11) is 4.66. The Bertz CT molecular complexity index is 2250. The second kappa shape index (κ2) is 13.4. The van der Waals surface area contributed by atoms with Crippen LogP contribution in [0.2, 0.25) is 0 Å². The molecule has 10 nitrogen and oxygen atoms in total. The number of methoxy groups -OCH3 is 3. The lowest BCUT2D eigenvalue weighted by Crippen LogP contribution is -2.48. The SMILES string of the molecule is COc1ccc(OC)c(C=Cc2ccc(N3C(=O)[C@H]4[C@H](CC=C5[C@H]4C[C@H]4C(=O)N(c6ccccc6)C(=O)[C@@]4(C)[C@H]5c4cccc(OC)c4O)C3=O)cc2)c1. The Morgan fingerprint density at radius 1 is 0.722 bits per heavy atom. The summed E-state index contributed by atoms with van der Waals surface area (Å²) in [5, 5.41) is 11.5. The van der Waals surface area contributed by atoms with Gasteiger partial charge in [0.15, 0.2) is 11.5 Å². The molecule has 6 atom stereocenters. The molecule has 10 heteroatoms. The topological polar surface area (TPSA) is 123 Å². The third-order valence-corrected chi connectivity index (χ3v) is 11.9. The van der Waals surface area contributed by atoms with Gasteiger partial charge in [-0.3, -0.25) is 24.1 Å². The fourth-order valence-electron chi connectivity index (χ4n) is 9.26. The van der Waals surface area contributed by atoms with Crippen molar-refractivity contribution < 1.29 is 38.5 Å². The van der Waals surface area contributed by atoms with Gasteiger partial charge in [0, 0.05) is 17.0 Å². The van der Waals surface area contributed by atoms with E-state index in [0.717, 1.165) is 16.7 Å². The highest BCUT2D eigenvalue weighted by Crippen LogP contribution is 2.65. The zero-order chi connectivity index (χ0) is 37.9. The Kier molecular flexibility index (Phi) is 8.63. The molecule has 274 valence electrons. The number of fused-ring (bicyclic) bond motifs is 4. The number of anilines is 2. The predicted octanol–water partition coefficient (Wildman–Crippen LogP) is 7.02. The third-order valence-electron chi connectivity index (χ3n) is 11.9. The van der Waals surface area contributed by atoms with E-state index < -0.39 is 35.0 Å². The number of hydrogen-bond donors (Lipinski definition) is 1. The lowest BCUT2D eigenvalue weighted by Gasteiger charge is -2.49. The summed E-state index contributed by atoms with van der Waals surface area (Å²) in [4.78, 5) is 60.2. The number of para-hydroxylation sites is 2. The summed E-state index contributed by atoms with van der Waals surface area (Å²) >= 11 is 0. The summed E-state index contributed by atoms with van der Waals surface area (Å²) in [5.74, 6) is -3.32. The molecule has 1 N–H and O–H groups in total. The van der Waals surface area contributed by atoms with E-state index >= 15 is 0 Å². The van der Waals surface area contributed by atoms with E-state index in [1.54, 1.807) is 75.7 Å². The largest absolute Gasteiger partial charge is 0.504 e. The fourth-order valence-corrected chi connectivity index (χ4v) is 9.26. The molecule has 0 unspecified atom stereocenters. The quantitative estimate of drug-likeness (QED) is 0.117. The van der Waals surface area contributed by atoms with Crippen molar-refractivity contribution in [3.8, 4) is 23.0 Å². The first-order chi connectivity index (χ1) is 26.1. The van der Waals surface area contributed by atoms with Gasteiger partial charge in [0.1, 0.15) is 11.5 Å². The van der Waals surface area contributed by atoms with Crippen LogP contribution in [-0.2, 0) is 19.2 Å². The molecule has 8 rings (SSSR count). The fraction of sp³-hybridized carbons (Fsp3) is 0.273. The zero-order valence-electron chi connectivity index (χ0n) is 30.4. The van der Waals surface area contributed by atoms with Gasteiger partial charge in [0.25, 0.3) is 0 Å². The first-order valence-corrected chi connectivity index (χ1v) is 18.0. The molecule has 2 aliphatic heterocycles. The van der Waals surface area contributed by atoms with Crippen molar-refractivity contribution in [3.63, 3.8) is 0 Å². The van der Waals surface area contributed by atoms with Crippen LogP contribution in [0.5, 0.6) is 23.0 Å². The van der Waals surface area contributed by atoms with Gasteiger partial charge >= 0.3 is 0 Å². The van der Waals surface area contributed by atoms with Crippen LogP contribution < -0.4 is 24.0 Å². The average molecular weight is 725 g/mol. The number of carbonyl (C=O) groups is 4. The number of aromatic hydroxyl groups is 1. The van der Waals surface area contributed by atoms with Crippen molar-refractivity contribution >= 4 is 47.2 Å². The monoisotopic (exact) mass is 724 g/mol. The summed E-state index contributed by atoms with van der Waals surface area (Å²) in [6.07, 6.45) is 6.29. The number of hydrogen-bond acceptors (Lipinski definition) is 8. The molecule has 2 aliphatic carbocycles. The molecular formula is C44H40N2O8. The van der Waals surface area contributed by atoms with Crippen LogP contribution in [0.25, 0.3) is 12.2 Å². The molecule has 0 bridgehead atoms. The minimum atomic E-state index is -1.28. The molecule has 2 heterocycles. The first kappa shape index (κ1) is 34.9. The molecule has 1 saturated carbocycles. The maximum Gasteiger partial charge on any atom is 0.241 e. The Morgan fingerprint density at radius 2 is 1.44 bits per heavy atom. The number of rotatable bonds is 8. The average Bonchev–Trinajstić information content (AvgIpc) is 3.57. The highest BCUT2D eigenvalue weighted by atomic mass is 16.5. The second-order valence-electron chi connectivity index (χ2n) is 14.4. The number of benzene rings is 4. The number of amides is 4. The van der Waals surface area contributed by atoms with E-state index in [1.165, 1.54) is 16.9 Å². The van der Waals surface area contributed by atoms with E-state index in [2.05, 4.69) is 0 Å². The lowest BCUT2D eigenvalue weighted by molar-refractivity contribution is -0.131. The normalized spacial score (nSPS) is 26.1. The number of allylic oxidation sites excluding steroid dienone is 2. The molecule has 54 heavy (non-hydrogen) atoms. The molecule has 4 aromatic carbocycles. The van der Waals surface area contributed by atoms with Crippen molar-refractivity contribution in [1.82, 2.24) is 0 Å². The Balaban J connectivity index is 1.15. The number of phenols is 1. The third kappa shape index (κ3) is 5.22. The van der Waals surface area contributed by atoms with E-state index in [1.807, 2.05) is 54.6 Å². The summed E-state index contributed by atoms with van der Waals surface area (Å²) in [6.45, 7) is 1.79. The van der Waals surface area contributed by atoms with Gasteiger partial charge in [-0.05, 0) is 79.8 Å². The molecule has 4 aliphatic rings. The Labute approximate surface area is 313 Å². The Hall–Kier alpha value is -6.16. The van der Waals surface area contributed by atoms with Crippen LogP contribution in [0, 0.1) is 29.1 Å². The van der Waals surface area contributed by atoms with Gasteiger partial charge in [-0.15, -0.1) is 0 Å². The minimum absolute atomic E-state index is 0.124. The maximum absolute atomic E-state index is 14.6. The Morgan fingerprint density at radius 3 is 2.15 bits per heavy atom. The van der Waals surface area contributed by atoms with Crippen molar-refractivity contribution in [2.24, 2.45) is 29.1 Å². The zero-order valence-corrected chi connectivity index (χ0v) is 30.4. The molecule has 0 radical (unpaired) electrons. The van der Waals surface area contributed by atoms with Crippen LogP contribution in [0.4, 0.5) is 11.4 Å². The van der Waals surface area contributed by atoms with Gasteiger partial charge < -0.3 is 19.3 Å². The van der Waals surface area contributed by atoms with E-state index in [-0.39, 0.29) is 48.0 Å². The van der Waals surface area contributed by atoms with Gasteiger partial charge in [-0.25, -0.2) is 4.90 Å². The number of nitrogens with zero attached hydrogens (tertiary/aromatic N) is 2. The van der Waals surface area contributed by atoms with Crippen LogP contribution in [0.1, 0.15) is 42.4 Å². The van der Waals surface area contributed by atoms with Gasteiger partial charge in [-0.1, -0.05) is 66.3 Å². The first-order valence-electron chi connectivity index (χ1n) is 18.0. The van der Waals surface area contributed by atoms with Crippen molar-refractivity contribution in [1.29, 1.82) is 0 Å². The highest BCUT2D eigenvalue weighted by molar-refractivity contribution is 6.25. The minimum Gasteiger partial charge on any atom is -0.504 e. The van der Waals surface area contributed by atoms with Crippen LogP contribution in [-0.4, -0.2) is 50.1 Å². The smallest absolute Gasteiger partial charge is 0.241 e. The molecular weight excluding hydrogens is 684 g/mol. The summed E-state index contributed by atoms with van der Waals surface area (Å²) in [5.41, 5.74) is 2.55. The number of phenolic OH excluding ortho intramolecular Hbond substituents is 1. The van der Waals surface area contributed by atoms with Crippen molar-refractivity contribution in [2.75, 3.05) is 31.1 Å². The maximum atomic E-state index is 14.6. The van der Waals surface area contributed by atoms with Gasteiger partial charge in [0.2, 0.25) is 23.6 Å². The van der Waals surface area contributed by atoms with Gasteiger partial charge in [0.05, 0.1) is 55.9 Å². The van der Waals surface area contributed by atoms with Crippen molar-refractivity contribution in [2.45, 2.75) is 25.7 Å². The highest BCUT2D eigenvalue weighted by Gasteiger charge is 2.68.